The Kier molecular flexibility index (Phi) is 6.09. The molecule has 158 valence electrons. The van der Waals surface area contributed by atoms with Crippen LogP contribution < -0.4 is 14.9 Å². The highest BCUT2D eigenvalue weighted by atomic mass is 35.5. The number of hydrogen-bond acceptors (Lipinski definition) is 5. The van der Waals surface area contributed by atoms with Crippen LogP contribution in [0.1, 0.15) is 13.3 Å². The predicted octanol–water partition coefficient (Wildman–Crippen LogP) is 2.30. The number of rotatable bonds is 5. The van der Waals surface area contributed by atoms with Gasteiger partial charge in [-0.25, -0.2) is 17.5 Å². The SMILES string of the molecule is CC(=O)NS(=O)(=O)c1ccc(NC(=O)C2CC(=O)N(c3ccc(F)c(Cl)c3)C2)cc1. The molecule has 0 aliphatic carbocycles. The van der Waals surface area contributed by atoms with Crippen LogP contribution in [-0.2, 0) is 24.4 Å². The zero-order chi connectivity index (χ0) is 22.1. The summed E-state index contributed by atoms with van der Waals surface area (Å²) >= 11 is 5.76. The zero-order valence-electron chi connectivity index (χ0n) is 15.7. The number of carbonyl (C=O) groups is 3. The van der Waals surface area contributed by atoms with Crippen LogP contribution >= 0.6 is 11.6 Å². The van der Waals surface area contributed by atoms with Gasteiger partial charge in [0.15, 0.2) is 0 Å². The number of anilines is 2. The fourth-order valence-corrected chi connectivity index (χ4v) is 4.16. The number of benzene rings is 2. The Morgan fingerprint density at radius 2 is 1.83 bits per heavy atom. The van der Waals surface area contributed by atoms with Crippen molar-refractivity contribution in [2.45, 2.75) is 18.2 Å². The first-order chi connectivity index (χ1) is 14.1. The van der Waals surface area contributed by atoms with Crippen LogP contribution in [0.3, 0.4) is 0 Å². The summed E-state index contributed by atoms with van der Waals surface area (Å²) in [5, 5.41) is 2.51. The Morgan fingerprint density at radius 1 is 1.17 bits per heavy atom. The first kappa shape index (κ1) is 21.7. The van der Waals surface area contributed by atoms with Crippen LogP contribution in [0.15, 0.2) is 47.4 Å². The lowest BCUT2D eigenvalue weighted by Gasteiger charge is -2.17. The Balaban J connectivity index is 1.67. The minimum atomic E-state index is -3.97. The smallest absolute Gasteiger partial charge is 0.264 e. The standard InChI is InChI=1S/C19H17ClFN3O5S/c1-11(25)23-30(28,29)15-5-2-13(3-6-15)22-19(27)12-8-18(26)24(10-12)14-4-7-17(21)16(20)9-14/h2-7,9,12H,8,10H2,1H3,(H,22,27)(H,23,25). The lowest BCUT2D eigenvalue weighted by molar-refractivity contribution is -0.122. The van der Waals surface area contributed by atoms with E-state index in [4.69, 9.17) is 11.6 Å². The molecule has 2 aromatic rings. The molecule has 0 radical (unpaired) electrons. The van der Waals surface area contributed by atoms with E-state index in [2.05, 4.69) is 5.32 Å². The lowest BCUT2D eigenvalue weighted by Crippen LogP contribution is -2.28. The van der Waals surface area contributed by atoms with Crippen molar-refractivity contribution in [2.75, 3.05) is 16.8 Å². The Morgan fingerprint density at radius 3 is 2.43 bits per heavy atom. The van der Waals surface area contributed by atoms with E-state index in [9.17, 15) is 27.2 Å². The van der Waals surface area contributed by atoms with Gasteiger partial charge in [0, 0.05) is 31.3 Å². The topological polar surface area (TPSA) is 113 Å². The largest absolute Gasteiger partial charge is 0.326 e. The van der Waals surface area contributed by atoms with Crippen LogP contribution in [0.4, 0.5) is 15.8 Å². The fraction of sp³-hybridized carbons (Fsp3) is 0.211. The van der Waals surface area contributed by atoms with E-state index in [0.717, 1.165) is 13.0 Å². The van der Waals surface area contributed by atoms with E-state index in [1.165, 1.54) is 41.3 Å². The summed E-state index contributed by atoms with van der Waals surface area (Å²) < 4.78 is 39.1. The third-order valence-electron chi connectivity index (χ3n) is 4.42. The van der Waals surface area contributed by atoms with Gasteiger partial charge in [-0.2, -0.15) is 0 Å². The van der Waals surface area contributed by atoms with Crippen molar-refractivity contribution in [1.29, 1.82) is 0 Å². The molecular formula is C19H17ClFN3O5S. The molecule has 2 N–H and O–H groups in total. The summed E-state index contributed by atoms with van der Waals surface area (Å²) in [7, 11) is -3.97. The number of nitrogens with one attached hydrogen (secondary N) is 2. The molecule has 11 heteroatoms. The number of carbonyl (C=O) groups excluding carboxylic acids is 3. The second-order valence-corrected chi connectivity index (χ2v) is 8.77. The van der Waals surface area contributed by atoms with Crippen LogP contribution in [0.5, 0.6) is 0 Å². The van der Waals surface area contributed by atoms with Gasteiger partial charge in [0.1, 0.15) is 5.82 Å². The van der Waals surface area contributed by atoms with Crippen molar-refractivity contribution in [3.63, 3.8) is 0 Å². The molecule has 30 heavy (non-hydrogen) atoms. The van der Waals surface area contributed by atoms with Crippen molar-refractivity contribution in [1.82, 2.24) is 4.72 Å². The highest BCUT2D eigenvalue weighted by Gasteiger charge is 2.35. The van der Waals surface area contributed by atoms with E-state index < -0.39 is 33.6 Å². The van der Waals surface area contributed by atoms with Gasteiger partial charge in [-0.15, -0.1) is 0 Å². The van der Waals surface area contributed by atoms with E-state index in [1.54, 1.807) is 0 Å². The predicted molar refractivity (Wildman–Crippen MR) is 108 cm³/mol. The monoisotopic (exact) mass is 453 g/mol. The molecular weight excluding hydrogens is 437 g/mol. The maximum absolute atomic E-state index is 13.3. The summed E-state index contributed by atoms with van der Waals surface area (Å²) in [5.41, 5.74) is 0.728. The molecule has 2 aromatic carbocycles. The number of amides is 3. The molecule has 1 atom stereocenters. The molecule has 1 aliphatic rings. The van der Waals surface area contributed by atoms with E-state index in [0.29, 0.717) is 11.4 Å². The van der Waals surface area contributed by atoms with Gasteiger partial charge in [0.05, 0.1) is 15.8 Å². The minimum Gasteiger partial charge on any atom is -0.326 e. The molecule has 3 rings (SSSR count). The third kappa shape index (κ3) is 4.77. The number of nitrogens with zero attached hydrogens (tertiary/aromatic N) is 1. The van der Waals surface area contributed by atoms with Gasteiger partial charge in [0.2, 0.25) is 17.7 Å². The summed E-state index contributed by atoms with van der Waals surface area (Å²) in [6, 6.07) is 9.12. The van der Waals surface area contributed by atoms with Crippen molar-refractivity contribution < 1.29 is 27.2 Å². The van der Waals surface area contributed by atoms with Gasteiger partial charge in [-0.1, -0.05) is 11.6 Å². The summed E-state index contributed by atoms with van der Waals surface area (Å²) in [5.74, 6) is -2.69. The average molecular weight is 454 g/mol. The molecule has 1 unspecified atom stereocenters. The second kappa shape index (κ2) is 8.41. The van der Waals surface area contributed by atoms with Crippen LogP contribution in [-0.4, -0.2) is 32.7 Å². The molecule has 0 aromatic heterocycles. The molecule has 1 aliphatic heterocycles. The second-order valence-electron chi connectivity index (χ2n) is 6.68. The summed E-state index contributed by atoms with van der Waals surface area (Å²) in [6.45, 7) is 1.18. The minimum absolute atomic E-state index is 0.0319. The molecule has 0 bridgehead atoms. The molecule has 3 amide bonds. The number of sulfonamides is 1. The molecule has 8 nitrogen and oxygen atoms in total. The molecule has 0 spiro atoms. The van der Waals surface area contributed by atoms with Crippen LogP contribution in [0, 0.1) is 11.7 Å². The van der Waals surface area contributed by atoms with Crippen LogP contribution in [0.2, 0.25) is 5.02 Å². The van der Waals surface area contributed by atoms with Gasteiger partial charge in [-0.3, -0.25) is 14.4 Å². The molecule has 1 heterocycles. The van der Waals surface area contributed by atoms with E-state index >= 15 is 0 Å². The van der Waals surface area contributed by atoms with Crippen molar-refractivity contribution in [2.24, 2.45) is 5.92 Å². The van der Waals surface area contributed by atoms with Gasteiger partial charge >= 0.3 is 0 Å². The zero-order valence-corrected chi connectivity index (χ0v) is 17.3. The normalized spacial score (nSPS) is 16.4. The third-order valence-corrected chi connectivity index (χ3v) is 6.16. The number of hydrogen-bond donors (Lipinski definition) is 2. The first-order valence-corrected chi connectivity index (χ1v) is 10.6. The fourth-order valence-electron chi connectivity index (χ4n) is 3.00. The molecule has 0 saturated carbocycles. The maximum atomic E-state index is 13.3. The molecule has 1 fully saturated rings. The van der Waals surface area contributed by atoms with E-state index in [1.807, 2.05) is 4.72 Å². The first-order valence-electron chi connectivity index (χ1n) is 8.76. The maximum Gasteiger partial charge on any atom is 0.264 e. The Bertz CT molecular complexity index is 1120. The summed E-state index contributed by atoms with van der Waals surface area (Å²) in [6.07, 6.45) is -0.0319. The highest BCUT2D eigenvalue weighted by Crippen LogP contribution is 2.29. The number of halogens is 2. The van der Waals surface area contributed by atoms with Crippen molar-refractivity contribution >= 4 is 50.7 Å². The highest BCUT2D eigenvalue weighted by molar-refractivity contribution is 7.90. The Labute approximate surface area is 177 Å². The molecule has 1 saturated heterocycles. The van der Waals surface area contributed by atoms with Crippen LogP contribution in [0.25, 0.3) is 0 Å². The lowest BCUT2D eigenvalue weighted by atomic mass is 10.1. The quantitative estimate of drug-likeness (QED) is 0.721. The van der Waals surface area contributed by atoms with E-state index in [-0.39, 0.29) is 28.8 Å². The van der Waals surface area contributed by atoms with Gasteiger partial charge in [-0.05, 0) is 42.5 Å². The Hall–Kier alpha value is -2.98. The van der Waals surface area contributed by atoms with Gasteiger partial charge < -0.3 is 10.2 Å². The average Bonchev–Trinajstić information content (AvgIpc) is 3.05. The summed E-state index contributed by atoms with van der Waals surface area (Å²) in [4.78, 5) is 37.0. The van der Waals surface area contributed by atoms with Crippen molar-refractivity contribution in [3.05, 3.63) is 53.3 Å². The van der Waals surface area contributed by atoms with Gasteiger partial charge in [0.25, 0.3) is 10.0 Å². The van der Waals surface area contributed by atoms with Crippen molar-refractivity contribution in [3.8, 4) is 0 Å².